The van der Waals surface area contributed by atoms with Crippen molar-refractivity contribution < 1.29 is 62.2 Å². The number of nitrogens with zero attached hydrogens (tertiary/aromatic N) is 2. The number of carbonyl (C=O) groups is 3. The van der Waals surface area contributed by atoms with Crippen molar-refractivity contribution in [1.82, 2.24) is 10.2 Å². The number of ether oxygens (including phenoxy) is 8. The van der Waals surface area contributed by atoms with Crippen molar-refractivity contribution >= 4 is 35.3 Å². The molecule has 4 rings (SSSR count). The van der Waals surface area contributed by atoms with E-state index in [-0.39, 0.29) is 31.2 Å². The van der Waals surface area contributed by atoms with E-state index in [0.29, 0.717) is 50.9 Å². The number of hydrogen-bond donors (Lipinski definition) is 3. The first-order valence-electron chi connectivity index (χ1n) is 18.9. The number of likely N-dealkylation sites (N-methyl/N-ethyl adjacent to an activating group) is 1. The third-order valence-corrected chi connectivity index (χ3v) is 11.0. The van der Waals surface area contributed by atoms with Gasteiger partial charge in [0, 0.05) is 26.5 Å². The number of nitrogens with two attached hydrogens (primary N) is 1. The predicted octanol–water partition coefficient (Wildman–Crippen LogP) is 2.89. The number of fused-ring (bicyclic) bond motifs is 5. The van der Waals surface area contributed by atoms with Crippen LogP contribution in [0.5, 0.6) is 5.75 Å². The molecular weight excluding hydrogens is 768 g/mol. The Kier molecular flexibility index (Phi) is 17.1. The molecule has 0 aliphatic carbocycles. The fourth-order valence-corrected chi connectivity index (χ4v) is 7.20. The van der Waals surface area contributed by atoms with Gasteiger partial charge in [-0.3, -0.25) is 19.8 Å². The Labute approximate surface area is 339 Å². The van der Waals surface area contributed by atoms with E-state index >= 15 is 0 Å². The van der Waals surface area contributed by atoms with Crippen molar-refractivity contribution in [3.8, 4) is 5.75 Å². The second-order valence-electron chi connectivity index (χ2n) is 14.8. The molecule has 0 aromatic heterocycles. The molecule has 4 N–H and O–H groups in total. The van der Waals surface area contributed by atoms with Crippen molar-refractivity contribution in [3.05, 3.63) is 46.5 Å². The third kappa shape index (κ3) is 12.1. The fraction of sp³-hybridized carbons (Fsp3) is 0.667. The van der Waals surface area contributed by atoms with Crippen LogP contribution >= 0.6 is 11.6 Å². The lowest BCUT2D eigenvalue weighted by atomic mass is 9.83. The lowest BCUT2D eigenvalue weighted by molar-refractivity contribution is -0.161. The highest BCUT2D eigenvalue weighted by atomic mass is 35.5. The number of benzene rings is 1. The summed E-state index contributed by atoms with van der Waals surface area (Å²) in [7, 11) is 6.24. The highest BCUT2D eigenvalue weighted by molar-refractivity contribution is 6.35. The van der Waals surface area contributed by atoms with E-state index in [0.717, 1.165) is 11.1 Å². The van der Waals surface area contributed by atoms with Gasteiger partial charge >= 0.3 is 12.1 Å². The molecule has 0 saturated carbocycles. The predicted molar refractivity (Wildman–Crippen MR) is 209 cm³/mol. The lowest BCUT2D eigenvalue weighted by Crippen LogP contribution is -2.63. The van der Waals surface area contributed by atoms with E-state index in [1.165, 1.54) is 19.1 Å². The molecule has 4 bridgehead atoms. The number of esters is 1. The maximum Gasteiger partial charge on any atom is 0.409 e. The number of nitrogens with one attached hydrogen (secondary N) is 1. The van der Waals surface area contributed by atoms with Crippen LogP contribution in [0.4, 0.5) is 10.5 Å². The van der Waals surface area contributed by atoms with E-state index < -0.39 is 65.7 Å². The van der Waals surface area contributed by atoms with Crippen molar-refractivity contribution in [3.63, 3.8) is 0 Å². The number of epoxide rings is 1. The molecule has 1 unspecified atom stereocenters. The number of amides is 2. The Hall–Kier alpha value is -3.36. The number of hydrogen-bond acceptors (Lipinski definition) is 15. The van der Waals surface area contributed by atoms with Gasteiger partial charge in [0.25, 0.3) is 0 Å². The SMILES string of the molecule is COc1cc2cc(c1Cl)N(C)C(=O)C[C@H](OC(=O)[C@H](C)N(C)COCCOCCOCCON)[C@]1(C)O[C@H]1[C@H](C)C1C[C@@](O)(NC(=O)O1)[C@H](OC)/C=C/C=C(\C)C2. The Morgan fingerprint density at radius 3 is 2.46 bits per heavy atom. The summed E-state index contributed by atoms with van der Waals surface area (Å²) in [5.74, 6) is 3.82. The van der Waals surface area contributed by atoms with E-state index in [4.69, 9.17) is 55.4 Å². The molecule has 57 heavy (non-hydrogen) atoms. The van der Waals surface area contributed by atoms with Crippen LogP contribution in [-0.2, 0) is 54.0 Å². The summed E-state index contributed by atoms with van der Waals surface area (Å²) in [6.07, 6.45) is 1.12. The van der Waals surface area contributed by atoms with Crippen LogP contribution in [0, 0.1) is 5.92 Å². The maximum absolute atomic E-state index is 14.2. The highest BCUT2D eigenvalue weighted by Crippen LogP contribution is 2.49. The smallest absolute Gasteiger partial charge is 0.409 e. The van der Waals surface area contributed by atoms with Gasteiger partial charge in [0.2, 0.25) is 5.91 Å². The zero-order chi connectivity index (χ0) is 41.9. The Morgan fingerprint density at radius 1 is 1.14 bits per heavy atom. The number of rotatable bonds is 16. The summed E-state index contributed by atoms with van der Waals surface area (Å²) in [6.45, 7) is 9.26. The summed E-state index contributed by atoms with van der Waals surface area (Å²) in [4.78, 5) is 48.4. The average molecular weight is 827 g/mol. The molecule has 18 heteroatoms. The molecule has 8 atom stereocenters. The Morgan fingerprint density at radius 2 is 1.81 bits per heavy atom. The molecule has 1 aromatic rings. The van der Waals surface area contributed by atoms with E-state index in [9.17, 15) is 19.5 Å². The molecule has 3 aliphatic heterocycles. The number of alkyl carbamates (subject to hydrolysis) is 1. The zero-order valence-electron chi connectivity index (χ0n) is 34.1. The minimum absolute atomic E-state index is 0.0392. The topological polar surface area (TPSA) is 202 Å². The minimum Gasteiger partial charge on any atom is -0.495 e. The normalized spacial score (nSPS) is 30.1. The molecule has 3 heterocycles. The molecule has 3 aliphatic rings. The number of methoxy groups -OCH3 is 2. The largest absolute Gasteiger partial charge is 0.495 e. The van der Waals surface area contributed by atoms with Gasteiger partial charge in [0.05, 0.1) is 71.7 Å². The van der Waals surface area contributed by atoms with Gasteiger partial charge < -0.3 is 52.7 Å². The van der Waals surface area contributed by atoms with Gasteiger partial charge in [-0.05, 0) is 51.9 Å². The van der Waals surface area contributed by atoms with Crippen LogP contribution in [0.1, 0.15) is 46.1 Å². The van der Waals surface area contributed by atoms with Crippen molar-refractivity contribution in [2.75, 3.05) is 79.6 Å². The molecule has 17 nitrogen and oxygen atoms in total. The van der Waals surface area contributed by atoms with E-state index in [1.54, 1.807) is 51.1 Å². The monoisotopic (exact) mass is 826 g/mol. The second-order valence-corrected chi connectivity index (χ2v) is 15.2. The Balaban J connectivity index is 1.57. The molecular formula is C39H59ClN4O13. The van der Waals surface area contributed by atoms with Crippen LogP contribution in [-0.4, -0.2) is 144 Å². The number of halogens is 1. The maximum atomic E-state index is 14.2. The van der Waals surface area contributed by atoms with Crippen LogP contribution in [0.15, 0.2) is 35.9 Å². The summed E-state index contributed by atoms with van der Waals surface area (Å²) >= 11 is 6.78. The molecule has 0 radical (unpaired) electrons. The van der Waals surface area contributed by atoms with Gasteiger partial charge in [-0.2, -0.15) is 0 Å². The van der Waals surface area contributed by atoms with Gasteiger partial charge in [-0.1, -0.05) is 42.3 Å². The lowest BCUT2D eigenvalue weighted by Gasteiger charge is -2.42. The summed E-state index contributed by atoms with van der Waals surface area (Å²) in [6, 6.07) is 2.83. The molecule has 0 spiro atoms. The van der Waals surface area contributed by atoms with E-state index in [2.05, 4.69) is 10.2 Å². The molecule has 320 valence electrons. The quantitative estimate of drug-likeness (QED) is 0.0722. The molecule has 1 aromatic carbocycles. The van der Waals surface area contributed by atoms with Crippen molar-refractivity contribution in [2.45, 2.75) is 88.7 Å². The number of aliphatic hydroxyl groups is 1. The number of carbonyl (C=O) groups excluding carboxylic acids is 3. The minimum atomic E-state index is -1.82. The number of anilines is 1. The van der Waals surface area contributed by atoms with Crippen LogP contribution in [0.25, 0.3) is 0 Å². The van der Waals surface area contributed by atoms with Crippen molar-refractivity contribution in [2.24, 2.45) is 11.8 Å². The summed E-state index contributed by atoms with van der Waals surface area (Å²) in [5, 5.41) is 14.5. The first-order valence-corrected chi connectivity index (χ1v) is 19.3. The summed E-state index contributed by atoms with van der Waals surface area (Å²) < 4.78 is 45.9. The standard InChI is InChI=1S/C39H59ClN4O13/c1-24-10-9-11-31(50-8)39(48)22-30(55-37(47)42-39)25(2)35-38(4,57-35)32(21-33(45)44(6)28-19-27(18-24)20-29(49-7)34(28)40)56-36(46)26(3)43(5)23-53-15-14-51-12-13-52-16-17-54-41/h9-11,19-20,25-26,30-32,35,48H,12-18,21-23,41H2,1-8H3,(H,42,47)/b11-9+,24-10+/t25-,26+,30?,31-,32+,35+,38+,39+/m1/s1. The first kappa shape index (κ1) is 46.3. The molecule has 2 fully saturated rings. The fourth-order valence-electron chi connectivity index (χ4n) is 6.89. The highest BCUT2D eigenvalue weighted by Gasteiger charge is 2.64. The van der Waals surface area contributed by atoms with Crippen LogP contribution < -0.4 is 20.9 Å². The third-order valence-electron chi connectivity index (χ3n) is 10.6. The van der Waals surface area contributed by atoms with Gasteiger partial charge in [0.15, 0.2) is 5.72 Å². The average Bonchev–Trinajstić information content (AvgIpc) is 3.87. The van der Waals surface area contributed by atoms with Gasteiger partial charge in [-0.25, -0.2) is 10.7 Å². The Bertz CT molecular complexity index is 1600. The summed E-state index contributed by atoms with van der Waals surface area (Å²) in [5.41, 5.74) is -0.840. The van der Waals surface area contributed by atoms with Crippen molar-refractivity contribution in [1.29, 1.82) is 0 Å². The molecule has 2 amide bonds. The van der Waals surface area contributed by atoms with E-state index in [1.807, 2.05) is 26.0 Å². The van der Waals surface area contributed by atoms with Crippen LogP contribution in [0.3, 0.4) is 0 Å². The van der Waals surface area contributed by atoms with Gasteiger partial charge in [0.1, 0.15) is 40.7 Å². The second kappa shape index (κ2) is 21.1. The number of allylic oxidation sites excluding steroid dienone is 3. The zero-order valence-corrected chi connectivity index (χ0v) is 34.9. The van der Waals surface area contributed by atoms with Crippen LogP contribution in [0.2, 0.25) is 5.02 Å². The first-order chi connectivity index (χ1) is 27.1. The molecule has 2 saturated heterocycles. The van der Waals surface area contributed by atoms with Gasteiger partial charge in [-0.15, -0.1) is 0 Å².